The topological polar surface area (TPSA) is 38.1 Å². The van der Waals surface area contributed by atoms with Crippen LogP contribution < -0.4 is 5.56 Å². The van der Waals surface area contributed by atoms with Crippen molar-refractivity contribution in [2.24, 2.45) is 0 Å². The minimum absolute atomic E-state index is 0.0974. The molecule has 0 N–H and O–H groups in total. The van der Waals surface area contributed by atoms with Crippen molar-refractivity contribution in [3.8, 4) is 11.1 Å². The molecule has 0 bridgehead atoms. The van der Waals surface area contributed by atoms with Gasteiger partial charge in [-0.2, -0.15) is 0 Å². The van der Waals surface area contributed by atoms with Crippen molar-refractivity contribution in [1.29, 1.82) is 0 Å². The molecule has 3 rings (SSSR count). The monoisotopic (exact) mass is 383 g/mol. The van der Waals surface area contributed by atoms with Crippen molar-refractivity contribution in [2.45, 2.75) is 47.6 Å². The lowest BCUT2D eigenvalue weighted by Crippen LogP contribution is -2.33. The van der Waals surface area contributed by atoms with Crippen molar-refractivity contribution in [2.75, 3.05) is 19.6 Å². The first-order valence-electron chi connectivity index (χ1n) is 9.80. The van der Waals surface area contributed by atoms with E-state index in [4.69, 9.17) is 4.98 Å². The Bertz CT molecular complexity index is 999. The molecule has 0 atom stereocenters. The Balaban J connectivity index is 2.14. The quantitative estimate of drug-likeness (QED) is 0.596. The summed E-state index contributed by atoms with van der Waals surface area (Å²) in [6, 6.07) is 6.41. The Morgan fingerprint density at radius 2 is 1.85 bits per heavy atom. The largest absolute Gasteiger partial charge is 0.302 e. The minimum Gasteiger partial charge on any atom is -0.302 e. The van der Waals surface area contributed by atoms with Crippen LogP contribution in [0.4, 0.5) is 0 Å². The molecule has 0 radical (unpaired) electrons. The number of thiophene rings is 1. The summed E-state index contributed by atoms with van der Waals surface area (Å²) in [6.07, 6.45) is 0.764. The van der Waals surface area contributed by atoms with E-state index in [0.29, 0.717) is 6.54 Å². The fourth-order valence-electron chi connectivity index (χ4n) is 3.66. The van der Waals surface area contributed by atoms with Crippen LogP contribution in [0.1, 0.15) is 37.7 Å². The lowest BCUT2D eigenvalue weighted by Gasteiger charge is -2.20. The molecule has 3 aromatic rings. The Labute approximate surface area is 165 Å². The fourth-order valence-corrected chi connectivity index (χ4v) is 4.61. The summed E-state index contributed by atoms with van der Waals surface area (Å²) in [6.45, 7) is 14.1. The summed E-state index contributed by atoms with van der Waals surface area (Å²) in [5, 5.41) is 2.86. The van der Waals surface area contributed by atoms with Crippen LogP contribution in [0.25, 0.3) is 21.3 Å². The number of benzene rings is 1. The molecule has 0 aliphatic rings. The Hall–Kier alpha value is -1.98. The van der Waals surface area contributed by atoms with Gasteiger partial charge in [-0.3, -0.25) is 9.36 Å². The van der Waals surface area contributed by atoms with Gasteiger partial charge in [0.05, 0.1) is 5.39 Å². The number of aromatic nitrogens is 2. The van der Waals surface area contributed by atoms with Gasteiger partial charge in [-0.1, -0.05) is 44.5 Å². The molecule has 4 nitrogen and oxygen atoms in total. The predicted octanol–water partition coefficient (Wildman–Crippen LogP) is 4.65. The molecule has 0 aliphatic carbocycles. The highest BCUT2D eigenvalue weighted by Gasteiger charge is 2.17. The van der Waals surface area contributed by atoms with Gasteiger partial charge >= 0.3 is 0 Å². The number of aryl methyl sites for hydroxylation is 3. The molecule has 2 aromatic heterocycles. The predicted molar refractivity (Wildman–Crippen MR) is 116 cm³/mol. The third-order valence-electron chi connectivity index (χ3n) is 5.30. The first-order valence-corrected chi connectivity index (χ1v) is 10.7. The van der Waals surface area contributed by atoms with E-state index in [1.54, 1.807) is 11.3 Å². The molecule has 1 aromatic carbocycles. The maximum atomic E-state index is 13.4. The number of fused-ring (bicyclic) bond motifs is 1. The van der Waals surface area contributed by atoms with Crippen LogP contribution in [0.15, 0.2) is 28.4 Å². The standard InChI is InChI=1S/C22H29N3OS/c1-6-19-23-21-20(22(26)25(19)12-11-24(7-2)8-3)18(14-27-21)17-10-9-15(4)13-16(17)5/h9-10,13-14H,6-8,11-12H2,1-5H3. The molecule has 0 saturated carbocycles. The fraction of sp³-hybridized carbons (Fsp3) is 0.455. The number of hydrogen-bond acceptors (Lipinski definition) is 4. The maximum Gasteiger partial charge on any atom is 0.262 e. The van der Waals surface area contributed by atoms with Gasteiger partial charge in [0.2, 0.25) is 0 Å². The highest BCUT2D eigenvalue weighted by atomic mass is 32.1. The average molecular weight is 384 g/mol. The molecule has 5 heteroatoms. The molecule has 144 valence electrons. The molecule has 27 heavy (non-hydrogen) atoms. The van der Waals surface area contributed by atoms with Crippen molar-refractivity contribution in [3.63, 3.8) is 0 Å². The molecule has 0 unspecified atom stereocenters. The van der Waals surface area contributed by atoms with E-state index in [2.05, 4.69) is 63.1 Å². The van der Waals surface area contributed by atoms with E-state index in [9.17, 15) is 4.79 Å². The van der Waals surface area contributed by atoms with Crippen LogP contribution in [0.5, 0.6) is 0 Å². The van der Waals surface area contributed by atoms with Crippen molar-refractivity contribution in [1.82, 2.24) is 14.5 Å². The molecule has 0 spiro atoms. The van der Waals surface area contributed by atoms with E-state index in [1.807, 2.05) is 4.57 Å². The van der Waals surface area contributed by atoms with Gasteiger partial charge in [-0.15, -0.1) is 11.3 Å². The molecule has 0 aliphatic heterocycles. The lowest BCUT2D eigenvalue weighted by molar-refractivity contribution is 0.287. The van der Waals surface area contributed by atoms with E-state index < -0.39 is 0 Å². The number of nitrogens with zero attached hydrogens (tertiary/aromatic N) is 3. The second-order valence-corrected chi connectivity index (χ2v) is 7.87. The van der Waals surface area contributed by atoms with Crippen LogP contribution in [-0.2, 0) is 13.0 Å². The van der Waals surface area contributed by atoms with Gasteiger partial charge in [0.1, 0.15) is 10.7 Å². The van der Waals surface area contributed by atoms with Gasteiger partial charge in [-0.05, 0) is 38.1 Å². The minimum atomic E-state index is 0.0974. The zero-order chi connectivity index (χ0) is 19.6. The smallest absolute Gasteiger partial charge is 0.262 e. The van der Waals surface area contributed by atoms with E-state index >= 15 is 0 Å². The number of rotatable bonds is 7. The summed E-state index contributed by atoms with van der Waals surface area (Å²) < 4.78 is 1.89. The second kappa shape index (κ2) is 8.36. The van der Waals surface area contributed by atoms with Crippen molar-refractivity contribution < 1.29 is 0 Å². The van der Waals surface area contributed by atoms with Crippen LogP contribution >= 0.6 is 11.3 Å². The second-order valence-electron chi connectivity index (χ2n) is 7.01. The van der Waals surface area contributed by atoms with Crippen molar-refractivity contribution in [3.05, 3.63) is 50.9 Å². The lowest BCUT2D eigenvalue weighted by atomic mass is 9.99. The van der Waals surface area contributed by atoms with Gasteiger partial charge in [0.25, 0.3) is 5.56 Å². The SMILES string of the molecule is CCc1nc2scc(-c3ccc(C)cc3C)c2c(=O)n1CCN(CC)CC. The summed E-state index contributed by atoms with van der Waals surface area (Å²) in [4.78, 5) is 21.5. The Kier molecular flexibility index (Phi) is 6.12. The van der Waals surface area contributed by atoms with Crippen LogP contribution in [-0.4, -0.2) is 34.1 Å². The van der Waals surface area contributed by atoms with Crippen LogP contribution in [0.3, 0.4) is 0 Å². The van der Waals surface area contributed by atoms with Gasteiger partial charge < -0.3 is 4.90 Å². The zero-order valence-electron chi connectivity index (χ0n) is 17.0. The maximum absolute atomic E-state index is 13.4. The highest BCUT2D eigenvalue weighted by molar-refractivity contribution is 7.17. The molecule has 0 saturated heterocycles. The summed E-state index contributed by atoms with van der Waals surface area (Å²) in [5.41, 5.74) is 4.68. The third-order valence-corrected chi connectivity index (χ3v) is 6.17. The molecule has 0 fully saturated rings. The van der Waals surface area contributed by atoms with Crippen molar-refractivity contribution >= 4 is 21.6 Å². The average Bonchev–Trinajstić information content (AvgIpc) is 3.07. The first-order chi connectivity index (χ1) is 13.0. The summed E-state index contributed by atoms with van der Waals surface area (Å²) in [5.74, 6) is 0.883. The van der Waals surface area contributed by atoms with E-state index in [1.165, 1.54) is 11.1 Å². The molecular weight excluding hydrogens is 354 g/mol. The zero-order valence-corrected chi connectivity index (χ0v) is 17.8. The normalized spacial score (nSPS) is 11.6. The Morgan fingerprint density at radius 1 is 1.11 bits per heavy atom. The number of likely N-dealkylation sites (N-methyl/N-ethyl adjacent to an activating group) is 1. The van der Waals surface area contributed by atoms with E-state index in [-0.39, 0.29) is 5.56 Å². The Morgan fingerprint density at radius 3 is 2.48 bits per heavy atom. The van der Waals surface area contributed by atoms with E-state index in [0.717, 1.165) is 53.2 Å². The van der Waals surface area contributed by atoms with Gasteiger partial charge in [0.15, 0.2) is 0 Å². The summed E-state index contributed by atoms with van der Waals surface area (Å²) in [7, 11) is 0. The third kappa shape index (κ3) is 3.85. The summed E-state index contributed by atoms with van der Waals surface area (Å²) >= 11 is 1.57. The highest BCUT2D eigenvalue weighted by Crippen LogP contribution is 2.33. The molecule has 2 heterocycles. The molecular formula is C22H29N3OS. The van der Waals surface area contributed by atoms with Gasteiger partial charge in [-0.25, -0.2) is 4.98 Å². The molecule has 0 amide bonds. The number of hydrogen-bond donors (Lipinski definition) is 0. The first kappa shape index (κ1) is 19.8. The van der Waals surface area contributed by atoms with Crippen LogP contribution in [0.2, 0.25) is 0 Å². The van der Waals surface area contributed by atoms with Gasteiger partial charge in [0, 0.05) is 30.5 Å². The van der Waals surface area contributed by atoms with Crippen LogP contribution in [0, 0.1) is 13.8 Å².